The molecule has 1 aromatic carbocycles. The summed E-state index contributed by atoms with van der Waals surface area (Å²) in [7, 11) is 1.18. The van der Waals surface area contributed by atoms with Gasteiger partial charge in [-0.1, -0.05) is 35.3 Å². The van der Waals surface area contributed by atoms with Crippen molar-refractivity contribution in [3.8, 4) is 0 Å². The van der Waals surface area contributed by atoms with Crippen LogP contribution in [0.3, 0.4) is 0 Å². The normalized spacial score (nSPS) is 10.5. The van der Waals surface area contributed by atoms with Crippen molar-refractivity contribution in [3.63, 3.8) is 0 Å². The third-order valence-corrected chi connectivity index (χ3v) is 3.56. The van der Waals surface area contributed by atoms with Crippen molar-refractivity contribution in [2.75, 3.05) is 7.11 Å². The molecule has 0 atom stereocenters. The van der Waals surface area contributed by atoms with E-state index >= 15 is 0 Å². The number of ether oxygens (including phenoxy) is 1. The molecule has 0 N–H and O–H groups in total. The van der Waals surface area contributed by atoms with E-state index in [0.717, 1.165) is 16.2 Å². The fourth-order valence-corrected chi connectivity index (χ4v) is 2.20. The maximum absolute atomic E-state index is 12.3. The lowest BCUT2D eigenvalue weighted by molar-refractivity contribution is -0.141. The first kappa shape index (κ1) is 16.3. The molecule has 0 aliphatic heterocycles. The lowest BCUT2D eigenvalue weighted by Crippen LogP contribution is -2.41. The molecule has 0 fully saturated rings. The molecule has 1 heterocycles. The van der Waals surface area contributed by atoms with Crippen LogP contribution in [0.2, 0.25) is 10.2 Å². The molecule has 0 radical (unpaired) electrons. The molecule has 2 aromatic rings. The van der Waals surface area contributed by atoms with Gasteiger partial charge in [-0.25, -0.2) is 9.36 Å². The van der Waals surface area contributed by atoms with Crippen molar-refractivity contribution in [1.82, 2.24) is 9.13 Å². The van der Waals surface area contributed by atoms with Crippen molar-refractivity contribution in [1.29, 1.82) is 0 Å². The van der Waals surface area contributed by atoms with Crippen LogP contribution in [0.4, 0.5) is 0 Å². The summed E-state index contributed by atoms with van der Waals surface area (Å²) in [6.45, 7) is -0.317. The highest BCUT2D eigenvalue weighted by Crippen LogP contribution is 2.12. The molecule has 0 saturated carbocycles. The Morgan fingerprint density at radius 1 is 1.14 bits per heavy atom. The maximum atomic E-state index is 12.3. The van der Waals surface area contributed by atoms with Crippen LogP contribution in [-0.4, -0.2) is 22.2 Å². The van der Waals surface area contributed by atoms with E-state index in [-0.39, 0.29) is 11.7 Å². The minimum absolute atomic E-state index is 0.00827. The number of carbonyl (C=O) groups is 1. The minimum atomic E-state index is -0.695. The predicted molar refractivity (Wildman–Crippen MR) is 82.5 cm³/mol. The van der Waals surface area contributed by atoms with Crippen molar-refractivity contribution in [3.05, 3.63) is 66.9 Å². The molecule has 0 aliphatic carbocycles. The molecular weight excluding hydrogens is 331 g/mol. The van der Waals surface area contributed by atoms with Gasteiger partial charge in [-0.2, -0.15) is 0 Å². The Morgan fingerprint density at radius 2 is 1.77 bits per heavy atom. The highest BCUT2D eigenvalue weighted by molar-refractivity contribution is 6.30. The number of rotatable bonds is 4. The van der Waals surface area contributed by atoms with Gasteiger partial charge in [0.15, 0.2) is 0 Å². The van der Waals surface area contributed by atoms with Gasteiger partial charge in [-0.05, 0) is 17.7 Å². The first-order chi connectivity index (χ1) is 10.4. The monoisotopic (exact) mass is 342 g/mol. The number of esters is 1. The Balaban J connectivity index is 2.45. The molecular formula is C14H12Cl2N2O4. The highest BCUT2D eigenvalue weighted by Gasteiger charge is 2.13. The second-order valence-electron chi connectivity index (χ2n) is 4.46. The molecule has 8 heteroatoms. The van der Waals surface area contributed by atoms with Crippen LogP contribution >= 0.6 is 23.2 Å². The average Bonchev–Trinajstić information content (AvgIpc) is 2.49. The number of aromatic nitrogens is 2. The predicted octanol–water partition coefficient (Wildman–Crippen LogP) is 1.54. The zero-order valence-corrected chi connectivity index (χ0v) is 13.1. The van der Waals surface area contributed by atoms with E-state index in [0.29, 0.717) is 5.02 Å². The summed E-state index contributed by atoms with van der Waals surface area (Å²) in [6.07, 6.45) is 0. The molecule has 0 spiro atoms. The first-order valence-corrected chi connectivity index (χ1v) is 6.99. The largest absolute Gasteiger partial charge is 0.468 e. The number of carbonyl (C=O) groups excluding carboxylic acids is 1. The van der Waals surface area contributed by atoms with E-state index < -0.39 is 23.8 Å². The van der Waals surface area contributed by atoms with Gasteiger partial charge in [0.1, 0.15) is 11.7 Å². The van der Waals surface area contributed by atoms with Crippen LogP contribution in [-0.2, 0) is 22.6 Å². The fraction of sp³-hybridized carbons (Fsp3) is 0.214. The molecule has 2 rings (SSSR count). The second kappa shape index (κ2) is 6.81. The number of methoxy groups -OCH3 is 1. The lowest BCUT2D eigenvalue weighted by Gasteiger charge is -2.11. The molecule has 1 aromatic heterocycles. The molecule has 0 unspecified atom stereocenters. The van der Waals surface area contributed by atoms with Gasteiger partial charge < -0.3 is 4.74 Å². The number of hydrogen-bond donors (Lipinski definition) is 0. The summed E-state index contributed by atoms with van der Waals surface area (Å²) in [6, 6.07) is 7.92. The van der Waals surface area contributed by atoms with Gasteiger partial charge in [0.05, 0.1) is 13.7 Å². The Hall–Kier alpha value is -2.05. The Kier molecular flexibility index (Phi) is 5.05. The molecule has 0 amide bonds. The van der Waals surface area contributed by atoms with Crippen LogP contribution in [0.25, 0.3) is 0 Å². The molecule has 6 nitrogen and oxygen atoms in total. The summed E-state index contributed by atoms with van der Waals surface area (Å²) in [5, 5.41) is 0.559. The van der Waals surface area contributed by atoms with E-state index in [9.17, 15) is 14.4 Å². The number of halogens is 2. The molecule has 0 saturated heterocycles. The van der Waals surface area contributed by atoms with E-state index in [2.05, 4.69) is 4.74 Å². The van der Waals surface area contributed by atoms with Gasteiger partial charge in [-0.15, -0.1) is 0 Å². The molecule has 0 bridgehead atoms. The van der Waals surface area contributed by atoms with Crippen molar-refractivity contribution in [2.24, 2.45) is 0 Å². The minimum Gasteiger partial charge on any atom is -0.468 e. The third kappa shape index (κ3) is 3.58. The maximum Gasteiger partial charge on any atom is 0.332 e. The number of hydrogen-bond acceptors (Lipinski definition) is 4. The summed E-state index contributed by atoms with van der Waals surface area (Å²) < 4.78 is 6.43. The van der Waals surface area contributed by atoms with Gasteiger partial charge in [0.2, 0.25) is 0 Å². The van der Waals surface area contributed by atoms with Gasteiger partial charge in [-0.3, -0.25) is 14.2 Å². The number of benzene rings is 1. The van der Waals surface area contributed by atoms with Gasteiger partial charge in [0.25, 0.3) is 5.56 Å². The first-order valence-electron chi connectivity index (χ1n) is 6.24. The quantitative estimate of drug-likeness (QED) is 0.624. The van der Waals surface area contributed by atoms with Crippen molar-refractivity contribution in [2.45, 2.75) is 13.1 Å². The van der Waals surface area contributed by atoms with E-state index in [1.165, 1.54) is 11.7 Å². The van der Waals surface area contributed by atoms with E-state index in [4.69, 9.17) is 23.2 Å². The Bertz CT molecular complexity index is 809. The van der Waals surface area contributed by atoms with Crippen molar-refractivity contribution >= 4 is 29.2 Å². The Labute approximate surface area is 135 Å². The number of nitrogens with zero attached hydrogens (tertiary/aromatic N) is 2. The molecule has 22 heavy (non-hydrogen) atoms. The van der Waals surface area contributed by atoms with Gasteiger partial charge in [0, 0.05) is 11.1 Å². The average molecular weight is 343 g/mol. The van der Waals surface area contributed by atoms with Crippen LogP contribution < -0.4 is 11.2 Å². The van der Waals surface area contributed by atoms with Crippen LogP contribution in [0.1, 0.15) is 5.56 Å². The summed E-state index contributed by atoms with van der Waals surface area (Å²) in [5.74, 6) is -0.695. The van der Waals surface area contributed by atoms with E-state index in [1.807, 2.05) is 0 Å². The highest BCUT2D eigenvalue weighted by atomic mass is 35.5. The Morgan fingerprint density at radius 3 is 2.36 bits per heavy atom. The summed E-state index contributed by atoms with van der Waals surface area (Å²) in [5.41, 5.74) is -0.567. The zero-order chi connectivity index (χ0) is 16.3. The smallest absolute Gasteiger partial charge is 0.332 e. The van der Waals surface area contributed by atoms with E-state index in [1.54, 1.807) is 24.3 Å². The fourth-order valence-electron chi connectivity index (χ4n) is 1.84. The van der Waals surface area contributed by atoms with Gasteiger partial charge >= 0.3 is 11.7 Å². The second-order valence-corrected chi connectivity index (χ2v) is 5.29. The zero-order valence-electron chi connectivity index (χ0n) is 11.6. The molecule has 116 valence electrons. The SMILES string of the molecule is COC(=O)Cn1c(=O)cc(Cl)n(Cc2ccc(Cl)cc2)c1=O. The topological polar surface area (TPSA) is 70.3 Å². The van der Waals surface area contributed by atoms with Crippen LogP contribution in [0, 0.1) is 0 Å². The molecule has 0 aliphatic rings. The third-order valence-electron chi connectivity index (χ3n) is 3.00. The van der Waals surface area contributed by atoms with Crippen molar-refractivity contribution < 1.29 is 9.53 Å². The lowest BCUT2D eigenvalue weighted by atomic mass is 10.2. The van der Waals surface area contributed by atoms with Crippen LogP contribution in [0.15, 0.2) is 39.9 Å². The summed E-state index contributed by atoms with van der Waals surface area (Å²) >= 11 is 11.8. The standard InChI is InChI=1S/C14H12Cl2N2O4/c1-22-13(20)8-18-12(19)6-11(16)17(14(18)21)7-9-2-4-10(15)5-3-9/h2-6H,7-8H2,1H3. The van der Waals surface area contributed by atoms with Crippen LogP contribution in [0.5, 0.6) is 0 Å². The summed E-state index contributed by atoms with van der Waals surface area (Å²) in [4.78, 5) is 35.4.